The lowest BCUT2D eigenvalue weighted by molar-refractivity contribution is -0.140. The second-order valence-electron chi connectivity index (χ2n) is 7.49. The molecule has 0 N–H and O–H groups in total. The van der Waals surface area contributed by atoms with Crippen LogP contribution >= 0.6 is 12.2 Å². The summed E-state index contributed by atoms with van der Waals surface area (Å²) in [6, 6.07) is 19.7. The van der Waals surface area contributed by atoms with Crippen molar-refractivity contribution in [2.75, 3.05) is 18.6 Å². The molecule has 0 saturated heterocycles. The number of anilines is 1. The van der Waals surface area contributed by atoms with Crippen molar-refractivity contribution in [3.8, 4) is 0 Å². The molecule has 1 aliphatic heterocycles. The maximum Gasteiger partial charge on any atom is 0.307 e. The quantitative estimate of drug-likeness (QED) is 0.500. The van der Waals surface area contributed by atoms with Crippen molar-refractivity contribution in [1.29, 1.82) is 0 Å². The minimum absolute atomic E-state index is 0.198. The van der Waals surface area contributed by atoms with Crippen molar-refractivity contribution in [3.63, 3.8) is 0 Å². The van der Waals surface area contributed by atoms with E-state index in [1.807, 2.05) is 79.4 Å². The van der Waals surface area contributed by atoms with Crippen molar-refractivity contribution in [2.45, 2.75) is 32.8 Å². The number of hydrogen-bond donors (Lipinski definition) is 0. The predicted molar refractivity (Wildman–Crippen MR) is 125 cm³/mol. The molecule has 6 heteroatoms. The first-order chi connectivity index (χ1) is 14.3. The molecule has 0 aliphatic carbocycles. The fourth-order valence-electron chi connectivity index (χ4n) is 3.25. The van der Waals surface area contributed by atoms with Gasteiger partial charge in [-0.2, -0.15) is 4.99 Å². The second-order valence-corrected chi connectivity index (χ2v) is 7.86. The smallest absolute Gasteiger partial charge is 0.307 e. The van der Waals surface area contributed by atoms with Gasteiger partial charge >= 0.3 is 5.97 Å². The van der Waals surface area contributed by atoms with E-state index < -0.39 is 5.60 Å². The summed E-state index contributed by atoms with van der Waals surface area (Å²) >= 11 is 5.68. The fraction of sp³-hybridized carbons (Fsp3) is 0.292. The Balaban J connectivity index is 1.97. The van der Waals surface area contributed by atoms with E-state index in [0.29, 0.717) is 17.6 Å². The molecule has 0 fully saturated rings. The van der Waals surface area contributed by atoms with Crippen molar-refractivity contribution in [3.05, 3.63) is 71.8 Å². The van der Waals surface area contributed by atoms with Crippen LogP contribution < -0.4 is 4.90 Å². The molecule has 0 amide bonds. The van der Waals surface area contributed by atoms with Crippen LogP contribution in [0.5, 0.6) is 0 Å². The number of ether oxygens (including phenoxy) is 2. The van der Waals surface area contributed by atoms with Gasteiger partial charge in [0.05, 0.1) is 13.5 Å². The molecule has 0 saturated carbocycles. The van der Waals surface area contributed by atoms with Gasteiger partial charge in [0.2, 0.25) is 11.0 Å². The number of esters is 1. The molecule has 0 bridgehead atoms. The monoisotopic (exact) mass is 422 g/mol. The van der Waals surface area contributed by atoms with E-state index >= 15 is 0 Å². The van der Waals surface area contributed by atoms with Crippen molar-refractivity contribution >= 4 is 40.5 Å². The first-order valence-corrected chi connectivity index (χ1v) is 10.2. The van der Waals surface area contributed by atoms with E-state index in [-0.39, 0.29) is 12.4 Å². The molecule has 156 valence electrons. The van der Waals surface area contributed by atoms with Gasteiger partial charge in [0.15, 0.2) is 0 Å². The summed E-state index contributed by atoms with van der Waals surface area (Å²) in [7, 11) is 1.38. The molecule has 1 aliphatic rings. The van der Waals surface area contributed by atoms with E-state index in [2.05, 4.69) is 6.92 Å². The number of para-hydroxylation sites is 1. The molecule has 5 nitrogen and oxygen atoms in total. The highest BCUT2D eigenvalue weighted by Crippen LogP contribution is 2.38. The number of methoxy groups -OCH3 is 1. The van der Waals surface area contributed by atoms with Gasteiger partial charge in [0.1, 0.15) is 5.60 Å². The minimum atomic E-state index is -0.483. The van der Waals surface area contributed by atoms with Crippen molar-refractivity contribution < 1.29 is 14.3 Å². The number of hydrogen-bond acceptors (Lipinski definition) is 4. The van der Waals surface area contributed by atoms with Gasteiger partial charge in [-0.3, -0.25) is 4.79 Å². The number of carbonyl (C=O) groups is 1. The van der Waals surface area contributed by atoms with Gasteiger partial charge in [-0.25, -0.2) is 0 Å². The molecule has 0 spiro atoms. The fourth-order valence-corrected chi connectivity index (χ4v) is 3.53. The zero-order valence-electron chi connectivity index (χ0n) is 17.7. The van der Waals surface area contributed by atoms with E-state index in [9.17, 15) is 4.79 Å². The maximum atomic E-state index is 11.7. The van der Waals surface area contributed by atoms with Crippen LogP contribution in [0.1, 0.15) is 32.8 Å². The Morgan fingerprint density at radius 3 is 2.30 bits per heavy atom. The summed E-state index contributed by atoms with van der Waals surface area (Å²) in [6.45, 7) is 6.45. The van der Waals surface area contributed by atoms with Crippen LogP contribution in [0.4, 0.5) is 5.69 Å². The van der Waals surface area contributed by atoms with Gasteiger partial charge in [-0.15, -0.1) is 0 Å². The molecule has 30 heavy (non-hydrogen) atoms. The number of rotatable bonds is 5. The lowest BCUT2D eigenvalue weighted by atomic mass is 9.94. The standard InChI is InChI=1S/C24H26N2O3S/c1-17-21(18-11-7-5-8-12-18)22(29-24(17,2)3)25-23(30)26(16-15-20(27)28-4)19-13-9-6-10-14-19/h5-14H,15-16H2,1-4H3. The van der Waals surface area contributed by atoms with Crippen LogP contribution in [0.3, 0.4) is 0 Å². The Kier molecular flexibility index (Phi) is 6.67. The number of benzene rings is 2. The highest BCUT2D eigenvalue weighted by molar-refractivity contribution is 7.80. The zero-order chi connectivity index (χ0) is 21.7. The van der Waals surface area contributed by atoms with Crippen LogP contribution in [-0.4, -0.2) is 36.2 Å². The molecular weight excluding hydrogens is 396 g/mol. The summed E-state index contributed by atoms with van der Waals surface area (Å²) in [4.78, 5) is 18.2. The van der Waals surface area contributed by atoms with E-state index in [1.54, 1.807) is 0 Å². The van der Waals surface area contributed by atoms with E-state index in [4.69, 9.17) is 26.7 Å². The molecule has 0 aromatic heterocycles. The van der Waals surface area contributed by atoms with Gasteiger partial charge in [-0.05, 0) is 56.3 Å². The molecule has 2 aromatic carbocycles. The first kappa shape index (κ1) is 21.7. The average Bonchev–Trinajstić information content (AvgIpc) is 2.97. The Morgan fingerprint density at radius 1 is 1.10 bits per heavy atom. The highest BCUT2D eigenvalue weighted by Gasteiger charge is 2.37. The second kappa shape index (κ2) is 9.22. The maximum absolute atomic E-state index is 11.7. The first-order valence-electron chi connectivity index (χ1n) is 9.81. The third-order valence-corrected chi connectivity index (χ3v) is 5.48. The average molecular weight is 423 g/mol. The van der Waals surface area contributed by atoms with E-state index in [1.165, 1.54) is 7.11 Å². The van der Waals surface area contributed by atoms with Gasteiger partial charge in [0, 0.05) is 17.8 Å². The number of thiocarbonyl (C=S) groups is 1. The van der Waals surface area contributed by atoms with Gasteiger partial charge < -0.3 is 14.4 Å². The molecule has 3 rings (SSSR count). The Labute approximate surface area is 183 Å². The van der Waals surface area contributed by atoms with Crippen LogP contribution in [0.25, 0.3) is 5.57 Å². The van der Waals surface area contributed by atoms with Crippen LogP contribution in [0.15, 0.2) is 71.2 Å². The Hall–Kier alpha value is -2.99. The molecular formula is C24H26N2O3S. The topological polar surface area (TPSA) is 51.1 Å². The number of nitrogens with zero attached hydrogens (tertiary/aromatic N) is 2. The van der Waals surface area contributed by atoms with Gasteiger partial charge in [0.25, 0.3) is 0 Å². The molecule has 2 aromatic rings. The summed E-state index contributed by atoms with van der Waals surface area (Å²) < 4.78 is 11.0. The summed E-state index contributed by atoms with van der Waals surface area (Å²) in [5.74, 6) is 0.193. The third-order valence-electron chi connectivity index (χ3n) is 5.17. The van der Waals surface area contributed by atoms with Gasteiger partial charge in [-0.1, -0.05) is 48.5 Å². The van der Waals surface area contributed by atoms with Crippen molar-refractivity contribution in [2.24, 2.45) is 4.99 Å². The summed E-state index contributed by atoms with van der Waals surface area (Å²) in [5.41, 5.74) is 3.45. The predicted octanol–water partition coefficient (Wildman–Crippen LogP) is 5.02. The number of carbonyl (C=O) groups excluding carboxylic acids is 1. The molecule has 1 heterocycles. The van der Waals surface area contributed by atoms with Crippen LogP contribution in [0, 0.1) is 0 Å². The zero-order valence-corrected chi connectivity index (χ0v) is 18.5. The summed E-state index contributed by atoms with van der Waals surface area (Å²) in [5, 5.41) is 0.332. The lowest BCUT2D eigenvalue weighted by Crippen LogP contribution is -2.32. The normalized spacial score (nSPS) is 16.3. The highest BCUT2D eigenvalue weighted by atomic mass is 32.1. The molecule has 0 radical (unpaired) electrons. The van der Waals surface area contributed by atoms with Crippen LogP contribution in [0.2, 0.25) is 0 Å². The molecule has 0 unspecified atom stereocenters. The third kappa shape index (κ3) is 4.76. The Bertz CT molecular complexity index is 982. The lowest BCUT2D eigenvalue weighted by Gasteiger charge is -2.23. The van der Waals surface area contributed by atoms with Crippen molar-refractivity contribution in [1.82, 2.24) is 0 Å². The largest absolute Gasteiger partial charge is 0.469 e. The molecule has 0 atom stereocenters. The Morgan fingerprint density at radius 2 is 1.70 bits per heavy atom. The van der Waals surface area contributed by atoms with Crippen LogP contribution in [-0.2, 0) is 14.3 Å². The minimum Gasteiger partial charge on any atom is -0.469 e. The summed E-state index contributed by atoms with van der Waals surface area (Å²) in [6.07, 6.45) is 0.198. The SMILES string of the molecule is COC(=O)CCN(C(=S)N=C1OC(C)(C)C(C)=C1c1ccccc1)c1ccccc1. The van der Waals surface area contributed by atoms with E-state index in [0.717, 1.165) is 22.4 Å². The number of aliphatic imine (C=N–C) groups is 1.